The van der Waals surface area contributed by atoms with E-state index in [0.717, 1.165) is 0 Å². The van der Waals surface area contributed by atoms with Gasteiger partial charge in [0.1, 0.15) is 5.84 Å². The number of amidine groups is 1. The Morgan fingerprint density at radius 3 is 2.43 bits per heavy atom. The summed E-state index contributed by atoms with van der Waals surface area (Å²) >= 11 is 3.33. The van der Waals surface area contributed by atoms with E-state index in [4.69, 9.17) is 5.73 Å². The zero-order valence-corrected chi connectivity index (χ0v) is 4.77. The monoisotopic (exact) mass is 120 g/mol. The fourth-order valence-corrected chi connectivity index (χ4v) is 0.309. The van der Waals surface area contributed by atoms with Crippen molar-refractivity contribution in [3.63, 3.8) is 0 Å². The zero-order valence-electron chi connectivity index (χ0n) is 3.88. The first-order valence-electron chi connectivity index (χ1n) is 1.66. The van der Waals surface area contributed by atoms with E-state index >= 15 is 0 Å². The summed E-state index contributed by atoms with van der Waals surface area (Å²) < 4.78 is 0. The van der Waals surface area contributed by atoms with Crippen molar-refractivity contribution in [1.82, 2.24) is 0 Å². The van der Waals surface area contributed by atoms with E-state index in [1.54, 1.807) is 0 Å². The molecule has 0 unspecified atom stereocenters. The maximum Gasteiger partial charge on any atom is 0.303 e. The summed E-state index contributed by atoms with van der Waals surface area (Å²) in [6.07, 6.45) is 0. The molecule has 0 spiro atoms. The molecule has 0 saturated carbocycles. The van der Waals surface area contributed by atoms with Crippen LogP contribution in [0.5, 0.6) is 0 Å². The number of nitrogens with two attached hydrogens (primary N) is 1. The van der Waals surface area contributed by atoms with Gasteiger partial charge in [0.25, 0.3) is 0 Å². The van der Waals surface area contributed by atoms with Gasteiger partial charge >= 0.3 is 5.24 Å². The van der Waals surface area contributed by atoms with E-state index in [2.05, 4.69) is 17.6 Å². The Bertz CT molecular complexity index is 110. The van der Waals surface area contributed by atoms with Gasteiger partial charge in [0, 0.05) is 1.43 Å². The molecule has 7 heavy (non-hydrogen) atoms. The van der Waals surface area contributed by atoms with Crippen molar-refractivity contribution >= 4 is 23.7 Å². The van der Waals surface area contributed by atoms with Gasteiger partial charge in [-0.05, 0) is 6.92 Å². The van der Waals surface area contributed by atoms with E-state index in [9.17, 15) is 4.79 Å². The van der Waals surface area contributed by atoms with E-state index < -0.39 is 5.24 Å². The van der Waals surface area contributed by atoms with Crippen LogP contribution in [0.2, 0.25) is 0 Å². The van der Waals surface area contributed by atoms with Crippen LogP contribution in [0, 0.1) is 0 Å². The van der Waals surface area contributed by atoms with Crippen LogP contribution in [-0.2, 0) is 0 Å². The van der Waals surface area contributed by atoms with Crippen LogP contribution in [0.15, 0.2) is 4.99 Å². The lowest BCUT2D eigenvalue weighted by Crippen LogP contribution is -2.05. The van der Waals surface area contributed by atoms with Gasteiger partial charge in [-0.25, -0.2) is 0 Å². The van der Waals surface area contributed by atoms with Crippen molar-refractivity contribution in [2.75, 3.05) is 0 Å². The minimum Gasteiger partial charge on any atom is -0.387 e. The molecule has 0 saturated heterocycles. The average Bonchev–Trinajstić information content (AvgIpc) is 1.27. The molecule has 0 aliphatic carbocycles. The smallest absolute Gasteiger partial charge is 0.303 e. The Morgan fingerprint density at radius 1 is 2.00 bits per heavy atom. The summed E-state index contributed by atoms with van der Waals surface area (Å²) in [6.45, 7) is 1.52. The molecule has 0 aliphatic heterocycles. The molecular weight excluding hydrogens is 112 g/mol. The van der Waals surface area contributed by atoms with Crippen LogP contribution in [0.3, 0.4) is 0 Å². The van der Waals surface area contributed by atoms with Crippen LogP contribution < -0.4 is 5.73 Å². The van der Waals surface area contributed by atoms with Crippen molar-refractivity contribution < 1.29 is 6.22 Å². The minimum absolute atomic E-state index is 0. The predicted octanol–water partition coefficient (Wildman–Crippen LogP) is 0.659. The third-order valence-corrected chi connectivity index (χ3v) is 0.372. The van der Waals surface area contributed by atoms with Gasteiger partial charge in [-0.1, -0.05) is 12.6 Å². The first-order valence-corrected chi connectivity index (χ1v) is 2.11. The molecule has 0 fully saturated rings. The van der Waals surface area contributed by atoms with Crippen molar-refractivity contribution in [1.29, 1.82) is 0 Å². The molecule has 2 N–H and O–H groups in total. The third kappa shape index (κ3) is 5.49. The number of aliphatic imine (C=N–C) groups is 1. The van der Waals surface area contributed by atoms with Crippen LogP contribution in [0.25, 0.3) is 0 Å². The third-order valence-electron chi connectivity index (χ3n) is 0.272. The number of rotatable bonds is 0. The van der Waals surface area contributed by atoms with E-state index in [-0.39, 0.29) is 7.26 Å². The maximum atomic E-state index is 9.85. The molecule has 0 aromatic carbocycles. The summed E-state index contributed by atoms with van der Waals surface area (Å²) in [5, 5.41) is -0.556. The number of amides is 1. The van der Waals surface area contributed by atoms with Crippen LogP contribution in [0.1, 0.15) is 8.35 Å². The van der Waals surface area contributed by atoms with Crippen molar-refractivity contribution in [3.05, 3.63) is 0 Å². The van der Waals surface area contributed by atoms with Crippen molar-refractivity contribution in [3.8, 4) is 0 Å². The molecule has 0 aromatic heterocycles. The summed E-state index contributed by atoms with van der Waals surface area (Å²) in [7, 11) is 0. The fourth-order valence-electron chi connectivity index (χ4n) is 0.151. The summed E-state index contributed by atoms with van der Waals surface area (Å²) in [4.78, 5) is 13.0. The molecular formula is C3H8N2OS. The molecule has 0 radical (unpaired) electrons. The molecule has 0 aromatic rings. The second-order valence-electron chi connectivity index (χ2n) is 1.04. The topological polar surface area (TPSA) is 55.4 Å². The van der Waals surface area contributed by atoms with Gasteiger partial charge in [0.2, 0.25) is 0 Å². The molecule has 3 nitrogen and oxygen atoms in total. The van der Waals surface area contributed by atoms with E-state index in [1.165, 1.54) is 6.92 Å². The predicted molar refractivity (Wildman–Crippen MR) is 33.8 cm³/mol. The first kappa shape index (κ1) is 6.49. The zero-order chi connectivity index (χ0) is 5.86. The number of thiol groups is 1. The first-order chi connectivity index (χ1) is 3.13. The Morgan fingerprint density at radius 2 is 2.43 bits per heavy atom. The largest absolute Gasteiger partial charge is 0.387 e. The average molecular weight is 120 g/mol. The minimum atomic E-state index is -0.556. The second kappa shape index (κ2) is 2.63. The highest BCUT2D eigenvalue weighted by atomic mass is 32.1. The van der Waals surface area contributed by atoms with Gasteiger partial charge in [-0.15, -0.1) is 0 Å². The van der Waals surface area contributed by atoms with Gasteiger partial charge < -0.3 is 5.73 Å². The number of hydrogen-bond acceptors (Lipinski definition) is 1. The molecule has 4 heteroatoms. The van der Waals surface area contributed by atoms with E-state index in [0.29, 0.717) is 0 Å². The van der Waals surface area contributed by atoms with Crippen LogP contribution in [-0.4, -0.2) is 11.1 Å². The van der Waals surface area contributed by atoms with Crippen LogP contribution >= 0.6 is 12.6 Å². The highest BCUT2D eigenvalue weighted by Crippen LogP contribution is 1.81. The Hall–Kier alpha value is -0.510. The summed E-state index contributed by atoms with van der Waals surface area (Å²) in [5.41, 5.74) is 4.97. The lowest BCUT2D eigenvalue weighted by molar-refractivity contribution is 0.268. The Balaban J connectivity index is 0. The van der Waals surface area contributed by atoms with E-state index in [1.807, 2.05) is 0 Å². The van der Waals surface area contributed by atoms with Crippen molar-refractivity contribution in [2.24, 2.45) is 10.7 Å². The van der Waals surface area contributed by atoms with Gasteiger partial charge in [0.05, 0.1) is 0 Å². The number of nitrogens with zero attached hydrogens (tertiary/aromatic N) is 1. The molecule has 42 valence electrons. The summed E-state index contributed by atoms with van der Waals surface area (Å²) in [6, 6.07) is 0. The highest BCUT2D eigenvalue weighted by molar-refractivity contribution is 7.96. The lowest BCUT2D eigenvalue weighted by Gasteiger charge is -1.80. The normalized spacial score (nSPS) is 11.4. The lowest BCUT2D eigenvalue weighted by atomic mass is 10.7. The van der Waals surface area contributed by atoms with Gasteiger partial charge in [-0.3, -0.25) is 4.79 Å². The molecule has 0 bridgehead atoms. The quantitative estimate of drug-likeness (QED) is 0.280. The van der Waals surface area contributed by atoms with Gasteiger partial charge in [0.15, 0.2) is 0 Å². The standard InChI is InChI=1S/C3H6N2OS.H2/c1-2(4)5-3(6)7;/h1H3,(H3,4,5,6,7);1H. The number of carbonyl (C=O) groups is 1. The number of hydrogen-bond donors (Lipinski definition) is 2. The molecule has 0 heterocycles. The summed E-state index contributed by atoms with van der Waals surface area (Å²) in [5.74, 6) is 0.236. The highest BCUT2D eigenvalue weighted by Gasteiger charge is 1.83. The maximum absolute atomic E-state index is 9.85. The number of carbonyl (C=O) groups excluding carboxylic acids is 1. The van der Waals surface area contributed by atoms with Crippen LogP contribution in [0.4, 0.5) is 4.79 Å². The second-order valence-corrected chi connectivity index (χ2v) is 1.42. The molecule has 0 rings (SSSR count). The fraction of sp³-hybridized carbons (Fsp3) is 0.333. The Kier molecular flexibility index (Phi) is 2.44. The Labute approximate surface area is 48.5 Å². The molecule has 1 amide bonds. The molecule has 0 aliphatic rings. The van der Waals surface area contributed by atoms with Gasteiger partial charge in [-0.2, -0.15) is 4.99 Å². The van der Waals surface area contributed by atoms with Crippen molar-refractivity contribution in [2.45, 2.75) is 6.92 Å². The SMILES string of the molecule is C/C(N)=N/C(=O)S.[HH]. The molecule has 0 atom stereocenters.